The minimum absolute atomic E-state index is 0.00278. The lowest BCUT2D eigenvalue weighted by Crippen LogP contribution is -2.43. The van der Waals surface area contributed by atoms with Crippen molar-refractivity contribution in [1.29, 1.82) is 0 Å². The fourth-order valence-corrected chi connectivity index (χ4v) is 8.07. The summed E-state index contributed by atoms with van der Waals surface area (Å²) >= 11 is 0. The number of fused-ring (bicyclic) bond motifs is 2. The van der Waals surface area contributed by atoms with E-state index in [1.165, 1.54) is 17.8 Å². The molecule has 0 radical (unpaired) electrons. The van der Waals surface area contributed by atoms with Crippen LogP contribution < -0.4 is 15.3 Å². The van der Waals surface area contributed by atoms with Gasteiger partial charge in [0.05, 0.1) is 18.9 Å². The fraction of sp³-hybridized carbons (Fsp3) is 0.531. The molecule has 6 rings (SSSR count). The molecule has 17 heteroatoms. The van der Waals surface area contributed by atoms with Crippen LogP contribution in [0.5, 0.6) is 5.75 Å². The van der Waals surface area contributed by atoms with Crippen molar-refractivity contribution in [3.63, 3.8) is 0 Å². The number of esters is 3. The van der Waals surface area contributed by atoms with Gasteiger partial charge >= 0.3 is 25.7 Å². The molecule has 1 aromatic carbocycles. The molecule has 2 saturated heterocycles. The lowest BCUT2D eigenvalue weighted by molar-refractivity contribution is -0.177. The van der Waals surface area contributed by atoms with Gasteiger partial charge in [0.1, 0.15) is 47.5 Å². The van der Waals surface area contributed by atoms with E-state index in [4.69, 9.17) is 38.5 Å². The van der Waals surface area contributed by atoms with Crippen LogP contribution in [0.15, 0.2) is 48.8 Å². The Morgan fingerprint density at radius 1 is 1.08 bits per heavy atom. The summed E-state index contributed by atoms with van der Waals surface area (Å²) in [5, 5.41) is 7.00. The molecule has 0 amide bonds. The van der Waals surface area contributed by atoms with Gasteiger partial charge in [-0.1, -0.05) is 32.0 Å². The van der Waals surface area contributed by atoms with Crippen LogP contribution >= 0.6 is 7.75 Å². The number of anilines is 1. The van der Waals surface area contributed by atoms with Crippen LogP contribution in [0, 0.1) is 0 Å². The fourth-order valence-electron chi connectivity index (χ4n) is 6.30. The van der Waals surface area contributed by atoms with E-state index in [1.807, 2.05) is 0 Å². The topological polar surface area (TPSA) is 201 Å². The minimum Gasteiger partial charge on any atom is -0.461 e. The summed E-state index contributed by atoms with van der Waals surface area (Å²) in [5.41, 5.74) is 3.67. The van der Waals surface area contributed by atoms with Gasteiger partial charge in [-0.05, 0) is 38.1 Å². The summed E-state index contributed by atoms with van der Waals surface area (Å²) < 4.78 is 57.9. The van der Waals surface area contributed by atoms with Crippen molar-refractivity contribution in [2.24, 2.45) is 0 Å². The molecular formula is C32H40N5O11P. The molecule has 2 aromatic heterocycles. The third-order valence-electron chi connectivity index (χ3n) is 8.94. The molecule has 2 aliphatic heterocycles. The normalized spacial score (nSPS) is 28.2. The standard InChI is InChI=1S/C32H40N5O11P/c1-5-24(38)44-27-26(22-12-13-23-28(33)34-18-35-37(22)23)46-31(4)30(32(27,31)45-25(39)6-2)48-49(41,47-21-10-8-7-9-11-21)36-19(3)29(40)43-20-14-16-42-17-15-20/h7-13,18-20,26-27,30H,5-6,14-17H2,1-4H3,(H,36,41)(H2,33,34,35)/t19-,26-,27-,30?,31+,32+,49+/m0/s1. The van der Waals surface area contributed by atoms with E-state index < -0.39 is 61.2 Å². The minimum atomic E-state index is -4.51. The highest BCUT2D eigenvalue weighted by atomic mass is 31.2. The predicted octanol–water partition coefficient (Wildman–Crippen LogP) is 3.44. The Morgan fingerprint density at radius 2 is 1.80 bits per heavy atom. The molecule has 4 heterocycles. The SMILES string of the molecule is CCC(=O)O[C@H]1[C@H](c2ccc3c(N)ncnn23)O[C@]2(C)C(O[P@@](=O)(N[C@@H](C)C(=O)OC3CCOCC3)Oc3ccccc3)[C@]12OC(=O)CC. The Bertz CT molecular complexity index is 1750. The lowest BCUT2D eigenvalue weighted by atomic mass is 10.0. The smallest absolute Gasteiger partial charge is 0.459 e. The molecule has 16 nitrogen and oxygen atoms in total. The molecule has 3 aromatic rings. The average molecular weight is 702 g/mol. The third-order valence-corrected chi connectivity index (χ3v) is 10.6. The summed E-state index contributed by atoms with van der Waals surface area (Å²) in [6.45, 7) is 7.21. The maximum Gasteiger partial charge on any atom is 0.459 e. The van der Waals surface area contributed by atoms with E-state index in [0.717, 1.165) is 0 Å². The van der Waals surface area contributed by atoms with Crippen molar-refractivity contribution < 1.29 is 51.7 Å². The first-order valence-corrected chi connectivity index (χ1v) is 17.7. The molecule has 3 N–H and O–H groups in total. The highest BCUT2D eigenvalue weighted by Crippen LogP contribution is 2.71. The van der Waals surface area contributed by atoms with Crippen molar-refractivity contribution in [1.82, 2.24) is 19.7 Å². The Morgan fingerprint density at radius 3 is 2.49 bits per heavy atom. The number of ether oxygens (including phenoxy) is 5. The van der Waals surface area contributed by atoms with Gasteiger partial charge in [-0.2, -0.15) is 10.2 Å². The third kappa shape index (κ3) is 6.51. The number of para-hydroxylation sites is 1. The van der Waals surface area contributed by atoms with Crippen LogP contribution in [0.2, 0.25) is 0 Å². The van der Waals surface area contributed by atoms with Gasteiger partial charge in [0.15, 0.2) is 11.9 Å². The van der Waals surface area contributed by atoms with Crippen LogP contribution in [0.4, 0.5) is 5.82 Å². The van der Waals surface area contributed by atoms with Gasteiger partial charge in [0.2, 0.25) is 5.60 Å². The number of hydrogen-bond donors (Lipinski definition) is 2. The second kappa shape index (κ2) is 13.7. The zero-order valence-electron chi connectivity index (χ0n) is 27.6. The molecule has 3 aliphatic rings. The lowest BCUT2D eigenvalue weighted by Gasteiger charge is -2.30. The number of benzene rings is 1. The molecule has 7 atom stereocenters. The maximum absolute atomic E-state index is 14.7. The predicted molar refractivity (Wildman–Crippen MR) is 171 cm³/mol. The van der Waals surface area contributed by atoms with Crippen LogP contribution in [0.3, 0.4) is 0 Å². The van der Waals surface area contributed by atoms with Gasteiger partial charge < -0.3 is 33.9 Å². The number of carbonyl (C=O) groups is 3. The van der Waals surface area contributed by atoms with Crippen LogP contribution in [-0.2, 0) is 47.2 Å². The Kier molecular flexibility index (Phi) is 9.70. The van der Waals surface area contributed by atoms with E-state index >= 15 is 0 Å². The van der Waals surface area contributed by atoms with Gasteiger partial charge in [0.25, 0.3) is 0 Å². The zero-order chi connectivity index (χ0) is 35.0. The van der Waals surface area contributed by atoms with Crippen molar-refractivity contribution >= 4 is 37.0 Å². The number of nitrogen functional groups attached to an aromatic ring is 1. The summed E-state index contributed by atoms with van der Waals surface area (Å²) in [7, 11) is -4.51. The highest BCUT2D eigenvalue weighted by Gasteiger charge is 2.91. The molecule has 0 bridgehead atoms. The zero-order valence-corrected chi connectivity index (χ0v) is 28.5. The second-order valence-electron chi connectivity index (χ2n) is 12.2. The molecule has 1 unspecified atom stereocenters. The monoisotopic (exact) mass is 701 g/mol. The summed E-state index contributed by atoms with van der Waals surface area (Å²) in [6.07, 6.45) is -1.68. The Hall–Kier alpha value is -4.08. The van der Waals surface area contributed by atoms with Gasteiger partial charge in [-0.25, -0.2) is 14.1 Å². The average Bonchev–Trinajstić information content (AvgIpc) is 3.35. The van der Waals surface area contributed by atoms with Crippen molar-refractivity contribution in [2.45, 2.75) is 95.0 Å². The van der Waals surface area contributed by atoms with E-state index in [0.29, 0.717) is 37.3 Å². The maximum atomic E-state index is 14.7. The Labute approximate surface area is 282 Å². The van der Waals surface area contributed by atoms with Crippen LogP contribution in [-0.4, -0.2) is 81.3 Å². The van der Waals surface area contributed by atoms with Crippen LogP contribution in [0.1, 0.15) is 65.2 Å². The molecule has 1 saturated carbocycles. The second-order valence-corrected chi connectivity index (χ2v) is 13.9. The first-order chi connectivity index (χ1) is 23.4. The first kappa shape index (κ1) is 34.8. The first-order valence-electron chi connectivity index (χ1n) is 16.2. The van der Waals surface area contributed by atoms with Gasteiger partial charge in [-0.3, -0.25) is 18.9 Å². The van der Waals surface area contributed by atoms with Gasteiger partial charge in [-0.15, -0.1) is 0 Å². The highest BCUT2D eigenvalue weighted by molar-refractivity contribution is 7.52. The summed E-state index contributed by atoms with van der Waals surface area (Å²) in [6, 6.07) is 10.4. The van der Waals surface area contributed by atoms with Crippen molar-refractivity contribution in [3.8, 4) is 5.75 Å². The van der Waals surface area contributed by atoms with E-state index in [2.05, 4.69) is 15.2 Å². The number of aromatic nitrogens is 3. The number of nitrogens with two attached hydrogens (primary N) is 1. The summed E-state index contributed by atoms with van der Waals surface area (Å²) in [4.78, 5) is 43.1. The van der Waals surface area contributed by atoms with E-state index in [1.54, 1.807) is 63.2 Å². The molecule has 0 spiro atoms. The Balaban J connectivity index is 1.35. The number of nitrogens with one attached hydrogen (secondary N) is 1. The van der Waals surface area contributed by atoms with Gasteiger partial charge in [0, 0.05) is 25.7 Å². The van der Waals surface area contributed by atoms with Crippen LogP contribution in [0.25, 0.3) is 5.52 Å². The number of carbonyl (C=O) groups excluding carboxylic acids is 3. The number of rotatable bonds is 13. The number of hydrogen-bond acceptors (Lipinski definition) is 14. The molecule has 264 valence electrons. The molecule has 49 heavy (non-hydrogen) atoms. The quantitative estimate of drug-likeness (QED) is 0.149. The molecule has 1 aliphatic carbocycles. The number of nitrogens with zero attached hydrogens (tertiary/aromatic N) is 3. The summed E-state index contributed by atoms with van der Waals surface area (Å²) in [5.74, 6) is -1.55. The van der Waals surface area contributed by atoms with Crippen molar-refractivity contribution in [2.75, 3.05) is 18.9 Å². The largest absolute Gasteiger partial charge is 0.461 e. The van der Waals surface area contributed by atoms with E-state index in [-0.39, 0.29) is 30.5 Å². The molecule has 3 fully saturated rings. The molecular weight excluding hydrogens is 661 g/mol. The van der Waals surface area contributed by atoms with Crippen molar-refractivity contribution in [3.05, 3.63) is 54.5 Å². The van der Waals surface area contributed by atoms with E-state index in [9.17, 15) is 18.9 Å².